The van der Waals surface area contributed by atoms with Crippen molar-refractivity contribution in [3.8, 4) is 27.4 Å². The number of amides is 2. The Hall–Kier alpha value is -5.74. The third-order valence-corrected chi connectivity index (χ3v) is 20.3. The Morgan fingerprint density at radius 2 is 1.59 bits per heavy atom. The number of para-hydroxylation sites is 1. The van der Waals surface area contributed by atoms with E-state index in [0.717, 1.165) is 157 Å². The lowest BCUT2D eigenvalue weighted by Crippen LogP contribution is -2.72. The number of likely N-dealkylation sites (tertiary alicyclic amines) is 3. The fourth-order valence-electron chi connectivity index (χ4n) is 14.2. The summed E-state index contributed by atoms with van der Waals surface area (Å²) in [5.74, 6) is 1.86. The topological polar surface area (TPSA) is 215 Å². The number of carbonyl (C=O) groups is 2. The van der Waals surface area contributed by atoms with E-state index in [1.165, 1.54) is 12.8 Å². The molecule has 4 atom stereocenters. The Bertz CT molecular complexity index is 2980. The van der Waals surface area contributed by atoms with Gasteiger partial charge in [0.25, 0.3) is 0 Å². The van der Waals surface area contributed by atoms with Crippen molar-refractivity contribution in [3.63, 3.8) is 0 Å². The third kappa shape index (κ3) is 12.1. The second kappa shape index (κ2) is 24.5. The van der Waals surface area contributed by atoms with Gasteiger partial charge in [-0.05, 0) is 125 Å². The number of carbonyl (C=O) groups excluding carboxylic acids is 2. The van der Waals surface area contributed by atoms with Gasteiger partial charge in [-0.15, -0.1) is 21.5 Å². The highest BCUT2D eigenvalue weighted by Gasteiger charge is 2.50. The van der Waals surface area contributed by atoms with Crippen LogP contribution in [0, 0.1) is 24.7 Å². The molecule has 12 rings (SSSR count). The number of hydrogen-bond donors (Lipinski definition) is 4. The molecule has 7 aliphatic rings. The monoisotopic (exact) mass is 1140 g/mol. The SMILES string of the molecule is Cc1ncsc1-c1ccc([C@H](C)NC(=O)[C@@H]2C[C@@H](O)CN2C(=O)[C@@H](c2cc(N3CCC(CN4CCC(O[C@H]5C[C@H](N6CCC(CN7CCN(c8cc(-c9ccccc9O)nnc8N)CC78COC8)CC6)C5)CC4)CC3)no2)C(C)C)cc1. The molecule has 6 aliphatic heterocycles. The summed E-state index contributed by atoms with van der Waals surface area (Å²) in [5.41, 5.74) is 13.4. The molecule has 9 heterocycles. The zero-order valence-corrected chi connectivity index (χ0v) is 49.1. The summed E-state index contributed by atoms with van der Waals surface area (Å²) in [5, 5.41) is 37.5. The summed E-state index contributed by atoms with van der Waals surface area (Å²) >= 11 is 1.60. The summed E-state index contributed by atoms with van der Waals surface area (Å²) in [6.07, 6.45) is 9.21. The first kappa shape index (κ1) is 56.7. The van der Waals surface area contributed by atoms with Gasteiger partial charge in [-0.1, -0.05) is 55.4 Å². The molecule has 5 aromatic rings. The number of phenolic OH excluding ortho intramolecular Hbond substituents is 1. The summed E-state index contributed by atoms with van der Waals surface area (Å²) in [7, 11) is 0. The number of ether oxygens (including phenoxy) is 2. The number of rotatable bonds is 17. The lowest BCUT2D eigenvalue weighted by molar-refractivity contribution is -0.148. The predicted octanol–water partition coefficient (Wildman–Crippen LogP) is 6.96. The van der Waals surface area contributed by atoms with E-state index >= 15 is 0 Å². The van der Waals surface area contributed by atoms with E-state index in [9.17, 15) is 19.8 Å². The van der Waals surface area contributed by atoms with Crippen LogP contribution in [0.25, 0.3) is 21.7 Å². The number of piperazine rings is 1. The summed E-state index contributed by atoms with van der Waals surface area (Å²) in [6.45, 7) is 20.6. The number of nitrogens with one attached hydrogen (secondary N) is 1. The maximum absolute atomic E-state index is 14.4. The van der Waals surface area contributed by atoms with Gasteiger partial charge < -0.3 is 59.8 Å². The van der Waals surface area contributed by atoms with Crippen LogP contribution >= 0.6 is 11.3 Å². The zero-order valence-electron chi connectivity index (χ0n) is 48.3. The number of piperidine rings is 3. The fraction of sp³-hybridized carbons (Fsp3) is 0.613. The van der Waals surface area contributed by atoms with Gasteiger partial charge in [0.15, 0.2) is 17.4 Å². The number of hydrogen-bond acceptors (Lipinski definition) is 18. The number of phenols is 1. The molecule has 1 saturated carbocycles. The van der Waals surface area contributed by atoms with E-state index in [-0.39, 0.29) is 48.0 Å². The van der Waals surface area contributed by atoms with Crippen LogP contribution in [0.3, 0.4) is 0 Å². The van der Waals surface area contributed by atoms with E-state index in [2.05, 4.69) is 50.2 Å². The van der Waals surface area contributed by atoms with Crippen LogP contribution < -0.4 is 20.9 Å². The van der Waals surface area contributed by atoms with Gasteiger partial charge in [0.05, 0.1) is 70.6 Å². The van der Waals surface area contributed by atoms with Gasteiger partial charge in [0.2, 0.25) is 11.8 Å². The molecule has 0 bridgehead atoms. The van der Waals surface area contributed by atoms with Crippen molar-refractivity contribution in [1.29, 1.82) is 0 Å². The maximum Gasteiger partial charge on any atom is 0.243 e. The van der Waals surface area contributed by atoms with Crippen LogP contribution in [0.1, 0.15) is 108 Å². The number of anilines is 3. The molecule has 19 nitrogen and oxygen atoms in total. The number of aliphatic hydroxyl groups excluding tert-OH is 1. The van der Waals surface area contributed by atoms with Gasteiger partial charge in [-0.3, -0.25) is 14.5 Å². The first-order valence-electron chi connectivity index (χ1n) is 30.4. The van der Waals surface area contributed by atoms with Gasteiger partial charge in [0.1, 0.15) is 17.7 Å². The van der Waals surface area contributed by atoms with Crippen molar-refractivity contribution in [2.75, 3.05) is 107 Å². The molecule has 440 valence electrons. The highest BCUT2D eigenvalue weighted by molar-refractivity contribution is 7.13. The average molecular weight is 1140 g/mol. The third-order valence-electron chi connectivity index (χ3n) is 19.3. The summed E-state index contributed by atoms with van der Waals surface area (Å²) in [6, 6.07) is 18.8. The van der Waals surface area contributed by atoms with E-state index in [1.807, 2.05) is 81.7 Å². The molecular formula is C62H84N12O7S. The molecule has 1 spiro atoms. The Balaban J connectivity index is 0.544. The molecule has 7 fully saturated rings. The normalized spacial score (nSPS) is 25.1. The molecule has 5 N–H and O–H groups in total. The molecule has 6 saturated heterocycles. The number of thiazole rings is 1. The van der Waals surface area contributed by atoms with E-state index in [1.54, 1.807) is 28.4 Å². The van der Waals surface area contributed by atoms with Crippen LogP contribution in [0.4, 0.5) is 17.3 Å². The van der Waals surface area contributed by atoms with Crippen molar-refractivity contribution in [3.05, 3.63) is 83.2 Å². The molecule has 0 radical (unpaired) electrons. The molecule has 82 heavy (non-hydrogen) atoms. The Kier molecular flexibility index (Phi) is 16.9. The number of aryl methyl sites for hydroxylation is 1. The minimum absolute atomic E-state index is 0.0300. The Morgan fingerprint density at radius 3 is 2.28 bits per heavy atom. The lowest BCUT2D eigenvalue weighted by atomic mass is 9.84. The van der Waals surface area contributed by atoms with Crippen molar-refractivity contribution < 1.29 is 33.8 Å². The van der Waals surface area contributed by atoms with Crippen molar-refractivity contribution >= 4 is 40.5 Å². The predicted molar refractivity (Wildman–Crippen MR) is 317 cm³/mol. The summed E-state index contributed by atoms with van der Waals surface area (Å²) in [4.78, 5) is 48.0. The highest BCUT2D eigenvalue weighted by atomic mass is 32.1. The van der Waals surface area contributed by atoms with Crippen LogP contribution in [-0.4, -0.2) is 190 Å². The highest BCUT2D eigenvalue weighted by Crippen LogP contribution is 2.40. The molecule has 2 aromatic carbocycles. The molecular weight excluding hydrogens is 1060 g/mol. The lowest BCUT2D eigenvalue weighted by Gasteiger charge is -2.56. The number of aromatic hydroxyl groups is 1. The smallest absolute Gasteiger partial charge is 0.243 e. The van der Waals surface area contributed by atoms with E-state index in [0.29, 0.717) is 52.9 Å². The number of β-amino-alcohol motifs (C(OH)–C–C–N with tert-alkyl or cyclic N) is 1. The quantitative estimate of drug-likeness (QED) is 0.0740. The van der Waals surface area contributed by atoms with Crippen LogP contribution in [0.5, 0.6) is 5.75 Å². The minimum Gasteiger partial charge on any atom is -0.507 e. The molecule has 1 aliphatic carbocycles. The van der Waals surface area contributed by atoms with Crippen LogP contribution in [0.2, 0.25) is 0 Å². The first-order chi connectivity index (χ1) is 39.7. The summed E-state index contributed by atoms with van der Waals surface area (Å²) < 4.78 is 18.6. The molecule has 20 heteroatoms. The van der Waals surface area contributed by atoms with Crippen molar-refractivity contribution in [1.82, 2.24) is 45.3 Å². The number of nitrogens with two attached hydrogens (primary N) is 1. The Labute approximate surface area is 486 Å². The fourth-order valence-corrected chi connectivity index (χ4v) is 15.1. The number of aromatic nitrogens is 4. The number of nitrogens with zero attached hydrogens (tertiary/aromatic N) is 10. The van der Waals surface area contributed by atoms with Crippen molar-refractivity contribution in [2.45, 2.75) is 133 Å². The molecule has 0 unspecified atom stereocenters. The van der Waals surface area contributed by atoms with Gasteiger partial charge in [-0.25, -0.2) is 4.98 Å². The zero-order chi connectivity index (χ0) is 56.6. The average Bonchev–Trinajstić information content (AvgIpc) is 4.29. The van der Waals surface area contributed by atoms with Gasteiger partial charge in [-0.2, -0.15) is 0 Å². The minimum atomic E-state index is -0.795. The Morgan fingerprint density at radius 1 is 0.854 bits per heavy atom. The standard InChI is InChI=1S/C62H84N12O7S/c1-39(2)57(61(78)74-34-47(75)29-53(74)60(77)65-40(3)44-9-11-45(12-10-44)58-41(4)64-38-82-58)55-31-56(68-81-55)71-23-15-42(16-24-71)32-69-19-17-48(18-20-69)80-49-27-46(28-49)70-21-13-43(14-22-70)33-73-26-25-72(35-62(73)36-79-37-62)52-30-51(66-67-59(52)63)50-7-5-6-8-54(50)76/h5-12,30-31,38-40,42-43,46-49,53,57,75-76H,13-29,32-37H2,1-4H3,(H2,63,67)(H,65,77)/t40-,46-,47+,49-,53-,57+/m0/s1. The number of benzene rings is 2. The molecule has 3 aromatic heterocycles. The first-order valence-corrected chi connectivity index (χ1v) is 31.2. The van der Waals surface area contributed by atoms with Crippen molar-refractivity contribution in [2.24, 2.45) is 17.8 Å². The maximum atomic E-state index is 14.4. The number of aliphatic hydroxyl groups is 1. The number of nitrogen functional groups attached to an aromatic ring is 1. The van der Waals surface area contributed by atoms with E-state index in [4.69, 9.17) is 19.7 Å². The largest absolute Gasteiger partial charge is 0.507 e. The van der Waals surface area contributed by atoms with Gasteiger partial charge in [0, 0.05) is 89.5 Å². The van der Waals surface area contributed by atoms with E-state index < -0.39 is 18.1 Å². The van der Waals surface area contributed by atoms with Gasteiger partial charge >= 0.3 is 0 Å². The van der Waals surface area contributed by atoms with Crippen LogP contribution in [-0.2, 0) is 19.1 Å². The molecule has 2 amide bonds. The second-order valence-corrected chi connectivity index (χ2v) is 26.1. The second-order valence-electron chi connectivity index (χ2n) is 25.2. The van der Waals surface area contributed by atoms with Crippen LogP contribution in [0.15, 0.2) is 70.7 Å².